The molecule has 1 heterocycles. The van der Waals surface area contributed by atoms with Crippen LogP contribution in [-0.4, -0.2) is 35.4 Å². The maximum absolute atomic E-state index is 12.5. The minimum absolute atomic E-state index is 0.0235. The molecule has 152 valence electrons. The number of carbonyl (C=O) groups excluding carboxylic acids is 1. The molecular formula is C19H20N4O5S. The molecule has 0 saturated carbocycles. The highest BCUT2D eigenvalue weighted by atomic mass is 32.2. The summed E-state index contributed by atoms with van der Waals surface area (Å²) in [5.41, 5.74) is 0.993. The van der Waals surface area contributed by atoms with E-state index < -0.39 is 33.7 Å². The van der Waals surface area contributed by atoms with Crippen LogP contribution in [0.5, 0.6) is 0 Å². The van der Waals surface area contributed by atoms with E-state index >= 15 is 0 Å². The number of aliphatic carboxylic acids is 1. The number of aryl methyl sites for hydroxylation is 1. The van der Waals surface area contributed by atoms with Crippen LogP contribution in [0.4, 0.5) is 11.6 Å². The Kier molecular flexibility index (Phi) is 5.92. The van der Waals surface area contributed by atoms with Gasteiger partial charge < -0.3 is 10.4 Å². The standard InChI is InChI=1S/C19H20N4O5S/c1-12-10-11-20-19(21-12)23-29(27,28)14-8-6-13(7-9-14)22-17(24)15-4-2-3-5-16(15)18(25)26/h2-3,6-11,15-16H,4-5H2,1H3,(H,22,24)(H,25,26)(H,20,21,23)/t15-,16-/m1/s1. The maximum atomic E-state index is 12.5. The van der Waals surface area contributed by atoms with E-state index in [9.17, 15) is 23.1 Å². The van der Waals surface area contributed by atoms with Crippen molar-refractivity contribution in [3.63, 3.8) is 0 Å². The van der Waals surface area contributed by atoms with Crippen LogP contribution in [0.25, 0.3) is 0 Å². The number of anilines is 2. The van der Waals surface area contributed by atoms with Crippen molar-refractivity contribution in [2.75, 3.05) is 10.0 Å². The van der Waals surface area contributed by atoms with Gasteiger partial charge >= 0.3 is 5.97 Å². The van der Waals surface area contributed by atoms with Gasteiger partial charge in [0.2, 0.25) is 11.9 Å². The first-order chi connectivity index (χ1) is 13.8. The first kappa shape index (κ1) is 20.5. The Morgan fingerprint density at radius 2 is 1.72 bits per heavy atom. The monoisotopic (exact) mass is 416 g/mol. The summed E-state index contributed by atoms with van der Waals surface area (Å²) >= 11 is 0. The summed E-state index contributed by atoms with van der Waals surface area (Å²) in [4.78, 5) is 31.7. The van der Waals surface area contributed by atoms with Crippen molar-refractivity contribution >= 4 is 33.5 Å². The number of nitrogens with zero attached hydrogens (tertiary/aromatic N) is 2. The average molecular weight is 416 g/mol. The molecule has 1 amide bonds. The second-order valence-electron chi connectivity index (χ2n) is 6.63. The lowest BCUT2D eigenvalue weighted by Gasteiger charge is -2.24. The number of hydrogen-bond acceptors (Lipinski definition) is 6. The number of benzene rings is 1. The quantitative estimate of drug-likeness (QED) is 0.614. The summed E-state index contributed by atoms with van der Waals surface area (Å²) in [6.07, 6.45) is 5.64. The van der Waals surface area contributed by atoms with Crippen molar-refractivity contribution in [3.05, 3.63) is 54.4 Å². The lowest BCUT2D eigenvalue weighted by Crippen LogP contribution is -2.34. The molecule has 2 atom stereocenters. The minimum Gasteiger partial charge on any atom is -0.481 e. The van der Waals surface area contributed by atoms with E-state index in [-0.39, 0.29) is 10.8 Å². The Hall–Kier alpha value is -3.27. The van der Waals surface area contributed by atoms with Crippen LogP contribution in [0.2, 0.25) is 0 Å². The second kappa shape index (κ2) is 8.39. The topological polar surface area (TPSA) is 138 Å². The summed E-state index contributed by atoms with van der Waals surface area (Å²) in [7, 11) is -3.89. The van der Waals surface area contributed by atoms with Crippen LogP contribution in [0, 0.1) is 18.8 Å². The van der Waals surface area contributed by atoms with E-state index in [0.29, 0.717) is 24.2 Å². The number of carboxylic acids is 1. The van der Waals surface area contributed by atoms with Crippen molar-refractivity contribution in [2.45, 2.75) is 24.7 Å². The zero-order chi connectivity index (χ0) is 21.0. The molecule has 0 unspecified atom stereocenters. The van der Waals surface area contributed by atoms with Gasteiger partial charge in [-0.1, -0.05) is 12.2 Å². The Balaban J connectivity index is 1.70. The molecule has 0 radical (unpaired) electrons. The molecule has 10 heteroatoms. The molecule has 0 fully saturated rings. The summed E-state index contributed by atoms with van der Waals surface area (Å²) in [6, 6.07) is 7.20. The van der Waals surface area contributed by atoms with Gasteiger partial charge in [0.05, 0.1) is 16.7 Å². The van der Waals surface area contributed by atoms with Gasteiger partial charge in [-0.15, -0.1) is 0 Å². The fraction of sp³-hybridized carbons (Fsp3) is 0.263. The molecule has 0 saturated heterocycles. The van der Waals surface area contributed by atoms with E-state index in [1.807, 2.05) is 0 Å². The molecule has 29 heavy (non-hydrogen) atoms. The number of carboxylic acid groups (broad SMARTS) is 1. The highest BCUT2D eigenvalue weighted by molar-refractivity contribution is 7.92. The van der Waals surface area contributed by atoms with Crippen molar-refractivity contribution in [2.24, 2.45) is 11.8 Å². The largest absolute Gasteiger partial charge is 0.481 e. The summed E-state index contributed by atoms with van der Waals surface area (Å²) in [5, 5.41) is 11.9. The fourth-order valence-electron chi connectivity index (χ4n) is 3.01. The molecule has 1 aromatic heterocycles. The normalized spacial score (nSPS) is 18.8. The predicted molar refractivity (Wildman–Crippen MR) is 106 cm³/mol. The van der Waals surface area contributed by atoms with Gasteiger partial charge in [0.25, 0.3) is 10.0 Å². The van der Waals surface area contributed by atoms with Gasteiger partial charge in [0.1, 0.15) is 0 Å². The molecule has 3 N–H and O–H groups in total. The SMILES string of the molecule is Cc1ccnc(NS(=O)(=O)c2ccc(NC(=O)[C@@H]3CC=CC[C@H]3C(=O)O)cc2)n1. The van der Waals surface area contributed by atoms with E-state index in [1.165, 1.54) is 30.5 Å². The zero-order valence-corrected chi connectivity index (χ0v) is 16.4. The fourth-order valence-corrected chi connectivity index (χ4v) is 3.96. The Morgan fingerprint density at radius 3 is 2.34 bits per heavy atom. The minimum atomic E-state index is -3.89. The average Bonchev–Trinajstić information content (AvgIpc) is 2.68. The number of sulfonamides is 1. The van der Waals surface area contributed by atoms with Crippen molar-refractivity contribution in [1.82, 2.24) is 9.97 Å². The summed E-state index contributed by atoms with van der Waals surface area (Å²) in [5.74, 6) is -2.92. The third-order valence-corrected chi connectivity index (χ3v) is 5.88. The summed E-state index contributed by atoms with van der Waals surface area (Å²) in [6.45, 7) is 1.72. The molecule has 1 aliphatic rings. The molecular weight excluding hydrogens is 396 g/mol. The second-order valence-corrected chi connectivity index (χ2v) is 8.32. The Bertz CT molecular complexity index is 1050. The molecule has 0 aliphatic heterocycles. The molecule has 0 spiro atoms. The molecule has 1 aliphatic carbocycles. The van der Waals surface area contributed by atoms with Crippen LogP contribution < -0.4 is 10.0 Å². The number of amides is 1. The number of carbonyl (C=O) groups is 2. The van der Waals surface area contributed by atoms with E-state index in [1.54, 1.807) is 25.1 Å². The van der Waals surface area contributed by atoms with Crippen LogP contribution in [0.1, 0.15) is 18.5 Å². The highest BCUT2D eigenvalue weighted by Gasteiger charge is 2.34. The van der Waals surface area contributed by atoms with Crippen LogP contribution in [0.3, 0.4) is 0 Å². The Morgan fingerprint density at radius 1 is 1.07 bits per heavy atom. The highest BCUT2D eigenvalue weighted by Crippen LogP contribution is 2.27. The maximum Gasteiger partial charge on any atom is 0.307 e. The first-order valence-electron chi connectivity index (χ1n) is 8.87. The van der Waals surface area contributed by atoms with Crippen molar-refractivity contribution in [1.29, 1.82) is 0 Å². The number of rotatable bonds is 6. The third-order valence-electron chi connectivity index (χ3n) is 4.54. The van der Waals surface area contributed by atoms with Crippen LogP contribution in [-0.2, 0) is 19.6 Å². The molecule has 3 rings (SSSR count). The van der Waals surface area contributed by atoms with Crippen LogP contribution >= 0.6 is 0 Å². The van der Waals surface area contributed by atoms with Crippen LogP contribution in [0.15, 0.2) is 53.6 Å². The number of hydrogen-bond donors (Lipinski definition) is 3. The summed E-state index contributed by atoms with van der Waals surface area (Å²) < 4.78 is 27.2. The van der Waals surface area contributed by atoms with E-state index in [2.05, 4.69) is 20.0 Å². The van der Waals surface area contributed by atoms with Crippen molar-refractivity contribution < 1.29 is 23.1 Å². The smallest absolute Gasteiger partial charge is 0.307 e. The van der Waals surface area contributed by atoms with Gasteiger partial charge in [-0.05, 0) is 50.1 Å². The van der Waals surface area contributed by atoms with E-state index in [0.717, 1.165) is 0 Å². The first-order valence-corrected chi connectivity index (χ1v) is 10.4. The lowest BCUT2D eigenvalue weighted by molar-refractivity contribution is -0.146. The third kappa shape index (κ3) is 4.96. The number of nitrogens with one attached hydrogen (secondary N) is 2. The number of aromatic nitrogens is 2. The van der Waals surface area contributed by atoms with E-state index in [4.69, 9.17) is 0 Å². The predicted octanol–water partition coefficient (Wildman–Crippen LogP) is 2.19. The molecule has 1 aromatic carbocycles. The molecule has 9 nitrogen and oxygen atoms in total. The van der Waals surface area contributed by atoms with Gasteiger partial charge in [-0.25, -0.2) is 23.1 Å². The van der Waals surface area contributed by atoms with Gasteiger partial charge in [-0.2, -0.15) is 0 Å². The van der Waals surface area contributed by atoms with Gasteiger partial charge in [0.15, 0.2) is 0 Å². The zero-order valence-electron chi connectivity index (χ0n) is 15.6. The van der Waals surface area contributed by atoms with Gasteiger partial charge in [-0.3, -0.25) is 9.59 Å². The van der Waals surface area contributed by atoms with Gasteiger partial charge in [0, 0.05) is 17.6 Å². The molecule has 0 bridgehead atoms. The Labute approximate surface area is 167 Å². The lowest BCUT2D eigenvalue weighted by atomic mass is 9.82. The number of allylic oxidation sites excluding steroid dienone is 2. The van der Waals surface area contributed by atoms with Crippen molar-refractivity contribution in [3.8, 4) is 0 Å². The molecule has 2 aromatic rings.